The summed E-state index contributed by atoms with van der Waals surface area (Å²) in [5.74, 6) is -0.202. The van der Waals surface area contributed by atoms with Gasteiger partial charge in [-0.1, -0.05) is 71.8 Å². The van der Waals surface area contributed by atoms with E-state index in [-0.39, 0.29) is 5.91 Å². The summed E-state index contributed by atoms with van der Waals surface area (Å²) >= 11 is 11.8. The predicted molar refractivity (Wildman–Crippen MR) is 139 cm³/mol. The number of nitrogens with zero attached hydrogens (tertiary/aromatic N) is 2. The third kappa shape index (κ3) is 5.41. The zero-order valence-electron chi connectivity index (χ0n) is 18.5. The Morgan fingerprint density at radius 3 is 2.55 bits per heavy atom. The third-order valence-corrected chi connectivity index (χ3v) is 6.03. The molecule has 0 saturated heterocycles. The maximum Gasteiger partial charge on any atom is 0.272 e. The van der Waals surface area contributed by atoms with Crippen molar-refractivity contribution in [1.29, 1.82) is 0 Å². The zero-order chi connectivity index (χ0) is 23.4. The van der Waals surface area contributed by atoms with Gasteiger partial charge in [0.1, 0.15) is 0 Å². The van der Waals surface area contributed by atoms with E-state index in [2.05, 4.69) is 41.8 Å². The molecule has 0 aliphatic carbocycles. The number of aryl methyl sites for hydroxylation is 1. The molecule has 0 spiro atoms. The van der Waals surface area contributed by atoms with E-state index in [1.165, 1.54) is 11.1 Å². The number of hydrogen-bond acceptors (Lipinski definition) is 3. The summed E-state index contributed by atoms with van der Waals surface area (Å²) < 4.78 is 0. The van der Waals surface area contributed by atoms with Gasteiger partial charge in [0.25, 0.3) is 5.91 Å². The molecule has 3 aromatic rings. The molecule has 3 aromatic carbocycles. The normalized spacial score (nSPS) is 15.4. The lowest BCUT2D eigenvalue weighted by atomic mass is 10.0. The summed E-state index contributed by atoms with van der Waals surface area (Å²) in [5.41, 5.74) is 5.58. The van der Waals surface area contributed by atoms with Crippen molar-refractivity contribution >= 4 is 46.2 Å². The quantitative estimate of drug-likeness (QED) is 0.532. The fourth-order valence-electron chi connectivity index (χ4n) is 3.72. The van der Waals surface area contributed by atoms with E-state index in [4.69, 9.17) is 28.8 Å². The van der Waals surface area contributed by atoms with Crippen LogP contribution in [0.4, 0.5) is 5.69 Å². The maximum absolute atomic E-state index is 13.3. The number of fused-ring (bicyclic) bond motifs is 1. The van der Waals surface area contributed by atoms with Crippen molar-refractivity contribution < 1.29 is 4.79 Å². The van der Waals surface area contributed by atoms with Crippen LogP contribution >= 0.6 is 23.8 Å². The molecule has 0 fully saturated rings. The molecule has 7 heteroatoms. The Bertz CT molecular complexity index is 1190. The van der Waals surface area contributed by atoms with Gasteiger partial charge in [-0.3, -0.25) is 4.79 Å². The van der Waals surface area contributed by atoms with E-state index < -0.39 is 6.17 Å². The minimum Gasteiger partial charge on any atom is -0.362 e. The van der Waals surface area contributed by atoms with Crippen molar-refractivity contribution in [2.75, 3.05) is 18.5 Å². The SMILES string of the molecule is Cc1ccc(CCNC(=S)NC2N=C(c3ccccc3)c3cc(Cl)ccc3N(C)C2=O)cc1. The van der Waals surface area contributed by atoms with Gasteiger partial charge >= 0.3 is 0 Å². The van der Waals surface area contributed by atoms with Crippen LogP contribution in [0.1, 0.15) is 22.3 Å². The Hall–Kier alpha value is -3.22. The second-order valence-electron chi connectivity index (χ2n) is 7.94. The van der Waals surface area contributed by atoms with Gasteiger partial charge in [0.15, 0.2) is 5.11 Å². The van der Waals surface area contributed by atoms with E-state index in [9.17, 15) is 4.79 Å². The van der Waals surface area contributed by atoms with Gasteiger partial charge in [-0.05, 0) is 49.3 Å². The highest BCUT2D eigenvalue weighted by Gasteiger charge is 2.30. The predicted octanol–water partition coefficient (Wildman–Crippen LogP) is 4.50. The van der Waals surface area contributed by atoms with E-state index in [0.717, 1.165) is 23.2 Å². The smallest absolute Gasteiger partial charge is 0.272 e. The molecule has 1 aliphatic rings. The van der Waals surface area contributed by atoms with Crippen LogP contribution in [0, 0.1) is 6.92 Å². The highest BCUT2D eigenvalue weighted by molar-refractivity contribution is 7.80. The summed E-state index contributed by atoms with van der Waals surface area (Å²) in [5, 5.41) is 7.25. The van der Waals surface area contributed by atoms with Crippen molar-refractivity contribution in [2.24, 2.45) is 4.99 Å². The molecule has 1 amide bonds. The van der Waals surface area contributed by atoms with Gasteiger partial charge in [-0.15, -0.1) is 0 Å². The molecule has 0 saturated carbocycles. The number of rotatable bonds is 5. The Morgan fingerprint density at radius 1 is 1.09 bits per heavy atom. The van der Waals surface area contributed by atoms with Gasteiger partial charge in [0.05, 0.1) is 11.4 Å². The fourth-order valence-corrected chi connectivity index (χ4v) is 4.10. The number of carbonyl (C=O) groups is 1. The van der Waals surface area contributed by atoms with E-state index in [0.29, 0.717) is 22.4 Å². The topological polar surface area (TPSA) is 56.7 Å². The average Bonchev–Trinajstić information content (AvgIpc) is 2.91. The molecule has 33 heavy (non-hydrogen) atoms. The van der Waals surface area contributed by atoms with Gasteiger partial charge in [0, 0.05) is 29.7 Å². The van der Waals surface area contributed by atoms with Crippen molar-refractivity contribution in [3.05, 3.63) is 100 Å². The van der Waals surface area contributed by atoms with Crippen LogP contribution in [0.25, 0.3) is 0 Å². The number of aliphatic imine (C=N–C) groups is 1. The number of nitrogens with one attached hydrogen (secondary N) is 2. The minimum atomic E-state index is -0.865. The van der Waals surface area contributed by atoms with Crippen LogP contribution in [0.5, 0.6) is 0 Å². The first kappa shape index (κ1) is 23.0. The standard InChI is InChI=1S/C26H25ClN4OS/c1-17-8-10-18(11-9-17)14-15-28-26(33)30-24-25(32)31(2)22-13-12-20(27)16-21(22)23(29-24)19-6-4-3-5-7-19/h3-13,16,24H,14-15H2,1-2H3,(H2,28,30,33). The lowest BCUT2D eigenvalue weighted by Crippen LogP contribution is -2.49. The van der Waals surface area contributed by atoms with E-state index in [1.807, 2.05) is 42.5 Å². The first-order chi connectivity index (χ1) is 15.9. The van der Waals surface area contributed by atoms with Gasteiger partial charge in [-0.2, -0.15) is 0 Å². The third-order valence-electron chi connectivity index (χ3n) is 5.53. The van der Waals surface area contributed by atoms with Crippen molar-refractivity contribution in [1.82, 2.24) is 10.6 Å². The lowest BCUT2D eigenvalue weighted by molar-refractivity contribution is -0.119. The number of benzene rings is 3. The molecule has 4 rings (SSSR count). The average molecular weight is 477 g/mol. The highest BCUT2D eigenvalue weighted by Crippen LogP contribution is 2.29. The van der Waals surface area contributed by atoms with Crippen molar-refractivity contribution in [3.63, 3.8) is 0 Å². The van der Waals surface area contributed by atoms with Crippen molar-refractivity contribution in [3.8, 4) is 0 Å². The largest absolute Gasteiger partial charge is 0.362 e. The Labute approximate surface area is 204 Å². The molecule has 1 heterocycles. The molecule has 5 nitrogen and oxygen atoms in total. The summed E-state index contributed by atoms with van der Waals surface area (Å²) in [6.07, 6.45) is -0.0425. The van der Waals surface area contributed by atoms with Gasteiger partial charge < -0.3 is 15.5 Å². The summed E-state index contributed by atoms with van der Waals surface area (Å²) in [6.45, 7) is 2.72. The second kappa shape index (κ2) is 10.1. The molecule has 168 valence electrons. The van der Waals surface area contributed by atoms with Crippen LogP contribution in [0.15, 0.2) is 77.8 Å². The first-order valence-electron chi connectivity index (χ1n) is 10.7. The number of thiocarbonyl (C=S) groups is 1. The van der Waals surface area contributed by atoms with Gasteiger partial charge in [-0.25, -0.2) is 4.99 Å². The molecule has 1 atom stereocenters. The molecule has 1 aliphatic heterocycles. The molecular formula is C26H25ClN4OS. The maximum atomic E-state index is 13.3. The summed E-state index contributed by atoms with van der Waals surface area (Å²) in [4.78, 5) is 19.7. The Kier molecular flexibility index (Phi) is 7.06. The lowest BCUT2D eigenvalue weighted by Gasteiger charge is -2.22. The van der Waals surface area contributed by atoms with Crippen molar-refractivity contribution in [2.45, 2.75) is 19.5 Å². The fraction of sp³-hybridized carbons (Fsp3) is 0.192. The van der Waals surface area contributed by atoms with Crippen LogP contribution in [-0.4, -0.2) is 36.5 Å². The number of anilines is 1. The molecule has 0 bridgehead atoms. The van der Waals surface area contributed by atoms with Crippen LogP contribution in [0.2, 0.25) is 5.02 Å². The van der Waals surface area contributed by atoms with Crippen LogP contribution in [0.3, 0.4) is 0 Å². The Morgan fingerprint density at radius 2 is 1.82 bits per heavy atom. The molecule has 0 aromatic heterocycles. The zero-order valence-corrected chi connectivity index (χ0v) is 20.1. The Balaban J connectivity index is 1.55. The van der Waals surface area contributed by atoms with E-state index >= 15 is 0 Å². The summed E-state index contributed by atoms with van der Waals surface area (Å²) in [6, 6.07) is 23.6. The van der Waals surface area contributed by atoms with Gasteiger partial charge in [0.2, 0.25) is 6.17 Å². The molecule has 2 N–H and O–H groups in total. The number of hydrogen-bond donors (Lipinski definition) is 2. The minimum absolute atomic E-state index is 0.202. The van der Waals surface area contributed by atoms with E-state index in [1.54, 1.807) is 18.0 Å². The monoisotopic (exact) mass is 476 g/mol. The number of amides is 1. The number of halogens is 1. The second-order valence-corrected chi connectivity index (χ2v) is 8.79. The number of benzodiazepines with no additional fused rings is 1. The highest BCUT2D eigenvalue weighted by atomic mass is 35.5. The van der Waals surface area contributed by atoms with Crippen LogP contribution < -0.4 is 15.5 Å². The first-order valence-corrected chi connectivity index (χ1v) is 11.5. The molecular weight excluding hydrogens is 452 g/mol. The number of carbonyl (C=O) groups excluding carboxylic acids is 1. The van der Waals surface area contributed by atoms with Crippen LogP contribution in [-0.2, 0) is 11.2 Å². The molecule has 1 unspecified atom stereocenters. The summed E-state index contributed by atoms with van der Waals surface area (Å²) in [7, 11) is 1.74. The molecule has 0 radical (unpaired) electrons. The number of likely N-dealkylation sites (N-methyl/N-ethyl adjacent to an activating group) is 1.